The van der Waals surface area contributed by atoms with Crippen LogP contribution in [0.25, 0.3) is 5.69 Å². The Bertz CT molecular complexity index is 856. The molecule has 1 fully saturated rings. The van der Waals surface area contributed by atoms with E-state index in [-0.39, 0.29) is 23.7 Å². The lowest BCUT2D eigenvalue weighted by molar-refractivity contribution is -0.123. The summed E-state index contributed by atoms with van der Waals surface area (Å²) in [6, 6.07) is 6.46. The van der Waals surface area contributed by atoms with Gasteiger partial charge in [-0.05, 0) is 32.9 Å². The maximum Gasteiger partial charge on any atom is 0.257 e. The summed E-state index contributed by atoms with van der Waals surface area (Å²) in [7, 11) is 0. The average Bonchev–Trinajstić information content (AvgIpc) is 3.03. The first-order chi connectivity index (χ1) is 13.4. The summed E-state index contributed by atoms with van der Waals surface area (Å²) in [4.78, 5) is 28.6. The minimum atomic E-state index is -0.388. The summed E-state index contributed by atoms with van der Waals surface area (Å²) in [6.45, 7) is 8.31. The lowest BCUT2D eigenvalue weighted by Gasteiger charge is -2.34. The molecule has 0 bridgehead atoms. The third-order valence-electron chi connectivity index (χ3n) is 4.80. The Balaban J connectivity index is 1.63. The molecular formula is C20H26FN5O2. The highest BCUT2D eigenvalue weighted by Gasteiger charge is 2.26. The first kappa shape index (κ1) is 20.0. The van der Waals surface area contributed by atoms with Crippen molar-refractivity contribution >= 4 is 11.8 Å². The Kier molecular flexibility index (Phi) is 6.08. The van der Waals surface area contributed by atoms with Crippen molar-refractivity contribution in [1.29, 1.82) is 0 Å². The Labute approximate surface area is 164 Å². The van der Waals surface area contributed by atoms with Crippen molar-refractivity contribution < 1.29 is 14.0 Å². The summed E-state index contributed by atoms with van der Waals surface area (Å²) < 4.78 is 15.5. The molecule has 0 radical (unpaired) electrons. The quantitative estimate of drug-likeness (QED) is 0.846. The highest BCUT2D eigenvalue weighted by atomic mass is 19.1. The number of halogens is 1. The van der Waals surface area contributed by atoms with Crippen LogP contribution >= 0.6 is 0 Å². The number of hydrogen-bond donors (Lipinski definition) is 1. The molecule has 2 aromatic rings. The molecule has 28 heavy (non-hydrogen) atoms. The van der Waals surface area contributed by atoms with Crippen molar-refractivity contribution in [2.45, 2.75) is 26.8 Å². The molecule has 0 atom stereocenters. The number of para-hydroxylation sites is 1. The fourth-order valence-electron chi connectivity index (χ4n) is 3.34. The van der Waals surface area contributed by atoms with Gasteiger partial charge in [-0.1, -0.05) is 12.1 Å². The standard InChI is InChI=1S/C20H26FN5O2/c1-14(2)23-19(27)13-24-8-10-25(11-9-24)20(28)16-12-22-26(15(16)3)18-7-5-4-6-17(18)21/h4-7,12,14H,8-11,13H2,1-3H3,(H,23,27). The lowest BCUT2D eigenvalue weighted by Crippen LogP contribution is -2.51. The third-order valence-corrected chi connectivity index (χ3v) is 4.80. The van der Waals surface area contributed by atoms with Crippen LogP contribution in [-0.4, -0.2) is 70.2 Å². The van der Waals surface area contributed by atoms with Gasteiger partial charge in [0, 0.05) is 32.2 Å². The molecule has 1 saturated heterocycles. The topological polar surface area (TPSA) is 70.5 Å². The smallest absolute Gasteiger partial charge is 0.257 e. The number of hydrogen-bond acceptors (Lipinski definition) is 4. The van der Waals surface area contributed by atoms with Crippen LogP contribution in [0.1, 0.15) is 29.9 Å². The van der Waals surface area contributed by atoms with Crippen molar-refractivity contribution in [3.8, 4) is 5.69 Å². The summed E-state index contributed by atoms with van der Waals surface area (Å²) in [5, 5.41) is 7.09. The zero-order chi connectivity index (χ0) is 20.3. The van der Waals surface area contributed by atoms with Crippen LogP contribution in [0, 0.1) is 12.7 Å². The van der Waals surface area contributed by atoms with E-state index in [1.54, 1.807) is 30.0 Å². The number of piperazine rings is 1. The molecule has 1 N–H and O–H groups in total. The van der Waals surface area contributed by atoms with Gasteiger partial charge in [-0.3, -0.25) is 14.5 Å². The fraction of sp³-hybridized carbons (Fsp3) is 0.450. The van der Waals surface area contributed by atoms with Crippen LogP contribution in [0.4, 0.5) is 4.39 Å². The van der Waals surface area contributed by atoms with Crippen LogP contribution in [0.2, 0.25) is 0 Å². The normalized spacial score (nSPS) is 15.1. The molecule has 1 aliphatic heterocycles. The van der Waals surface area contributed by atoms with Gasteiger partial charge in [0.15, 0.2) is 0 Å². The third kappa shape index (κ3) is 4.39. The van der Waals surface area contributed by atoms with E-state index in [1.807, 2.05) is 18.7 Å². The van der Waals surface area contributed by atoms with Gasteiger partial charge >= 0.3 is 0 Å². The molecule has 1 aromatic carbocycles. The van der Waals surface area contributed by atoms with Gasteiger partial charge in [0.05, 0.1) is 24.0 Å². The number of aromatic nitrogens is 2. The van der Waals surface area contributed by atoms with Gasteiger partial charge in [-0.25, -0.2) is 9.07 Å². The van der Waals surface area contributed by atoms with E-state index >= 15 is 0 Å². The molecule has 1 aromatic heterocycles. The summed E-state index contributed by atoms with van der Waals surface area (Å²) in [5.74, 6) is -0.510. The van der Waals surface area contributed by atoms with Crippen molar-refractivity contribution in [1.82, 2.24) is 24.9 Å². The van der Waals surface area contributed by atoms with Crippen LogP contribution in [0.3, 0.4) is 0 Å². The first-order valence-electron chi connectivity index (χ1n) is 9.47. The molecule has 2 heterocycles. The van der Waals surface area contributed by atoms with E-state index in [0.29, 0.717) is 49.7 Å². The van der Waals surface area contributed by atoms with Crippen molar-refractivity contribution in [3.63, 3.8) is 0 Å². The highest BCUT2D eigenvalue weighted by molar-refractivity contribution is 5.95. The van der Waals surface area contributed by atoms with E-state index in [9.17, 15) is 14.0 Å². The molecule has 150 valence electrons. The maximum atomic E-state index is 14.1. The minimum Gasteiger partial charge on any atom is -0.353 e. The Morgan fingerprint density at radius 3 is 2.50 bits per heavy atom. The van der Waals surface area contributed by atoms with Crippen LogP contribution < -0.4 is 5.32 Å². The van der Waals surface area contributed by atoms with Gasteiger partial charge < -0.3 is 10.2 Å². The van der Waals surface area contributed by atoms with Gasteiger partial charge in [-0.15, -0.1) is 0 Å². The number of rotatable bonds is 5. The van der Waals surface area contributed by atoms with Gasteiger partial charge in [0.25, 0.3) is 5.91 Å². The number of nitrogens with one attached hydrogen (secondary N) is 1. The van der Waals surface area contributed by atoms with Crippen molar-refractivity contribution in [3.05, 3.63) is 47.5 Å². The number of amides is 2. The predicted molar refractivity (Wildman–Crippen MR) is 104 cm³/mol. The number of carbonyl (C=O) groups excluding carboxylic acids is 2. The monoisotopic (exact) mass is 387 g/mol. The van der Waals surface area contributed by atoms with Crippen molar-refractivity contribution in [2.24, 2.45) is 0 Å². The van der Waals surface area contributed by atoms with E-state index in [0.717, 1.165) is 0 Å². The second-order valence-electron chi connectivity index (χ2n) is 7.30. The molecule has 1 aliphatic rings. The molecule has 8 heteroatoms. The van der Waals surface area contributed by atoms with E-state index in [4.69, 9.17) is 0 Å². The zero-order valence-electron chi connectivity index (χ0n) is 16.5. The maximum absolute atomic E-state index is 14.1. The van der Waals surface area contributed by atoms with Crippen molar-refractivity contribution in [2.75, 3.05) is 32.7 Å². The van der Waals surface area contributed by atoms with E-state index in [2.05, 4.69) is 10.4 Å². The van der Waals surface area contributed by atoms with Crippen LogP contribution in [0.15, 0.2) is 30.5 Å². The lowest BCUT2D eigenvalue weighted by atomic mass is 10.2. The zero-order valence-corrected chi connectivity index (χ0v) is 16.5. The van der Waals surface area contributed by atoms with Gasteiger partial charge in [0.2, 0.25) is 5.91 Å². The summed E-state index contributed by atoms with van der Waals surface area (Å²) in [6.07, 6.45) is 1.49. The number of carbonyl (C=O) groups is 2. The minimum absolute atomic E-state index is 0.00298. The van der Waals surface area contributed by atoms with E-state index in [1.165, 1.54) is 16.9 Å². The largest absolute Gasteiger partial charge is 0.353 e. The molecule has 7 nitrogen and oxygen atoms in total. The van der Waals surface area contributed by atoms with Crippen LogP contribution in [-0.2, 0) is 4.79 Å². The fourth-order valence-corrected chi connectivity index (χ4v) is 3.34. The molecule has 0 spiro atoms. The number of benzene rings is 1. The SMILES string of the molecule is Cc1c(C(=O)N2CCN(CC(=O)NC(C)C)CC2)cnn1-c1ccccc1F. The first-order valence-corrected chi connectivity index (χ1v) is 9.47. The number of nitrogens with zero attached hydrogens (tertiary/aromatic N) is 4. The summed E-state index contributed by atoms with van der Waals surface area (Å²) in [5.41, 5.74) is 1.39. The molecular weight excluding hydrogens is 361 g/mol. The second kappa shape index (κ2) is 8.52. The predicted octanol–water partition coefficient (Wildman–Crippen LogP) is 1.60. The average molecular weight is 387 g/mol. The Morgan fingerprint density at radius 2 is 1.86 bits per heavy atom. The van der Waals surface area contributed by atoms with Crippen LogP contribution in [0.5, 0.6) is 0 Å². The second-order valence-corrected chi connectivity index (χ2v) is 7.30. The summed E-state index contributed by atoms with van der Waals surface area (Å²) >= 11 is 0. The highest BCUT2D eigenvalue weighted by Crippen LogP contribution is 2.19. The van der Waals surface area contributed by atoms with Gasteiger partial charge in [-0.2, -0.15) is 5.10 Å². The Morgan fingerprint density at radius 1 is 1.18 bits per heavy atom. The van der Waals surface area contributed by atoms with Gasteiger partial charge in [0.1, 0.15) is 11.5 Å². The molecule has 0 unspecified atom stereocenters. The molecule has 2 amide bonds. The molecule has 3 rings (SSSR count). The van der Waals surface area contributed by atoms with E-state index < -0.39 is 0 Å². The molecule has 0 saturated carbocycles. The molecule has 0 aliphatic carbocycles. The Hall–Kier alpha value is -2.74.